The van der Waals surface area contributed by atoms with Gasteiger partial charge in [-0.15, -0.1) is 0 Å². The Hall–Kier alpha value is -5.61. The summed E-state index contributed by atoms with van der Waals surface area (Å²) in [4.78, 5) is 4.53. The number of anilines is 2. The Balaban J connectivity index is 1.25. The Morgan fingerprint density at radius 3 is 1.02 bits per heavy atom. The van der Waals surface area contributed by atoms with E-state index in [1.165, 1.54) is 22.3 Å². The van der Waals surface area contributed by atoms with Crippen molar-refractivity contribution in [3.8, 4) is 44.5 Å². The predicted molar refractivity (Wildman–Crippen MR) is 180 cm³/mol. The summed E-state index contributed by atoms with van der Waals surface area (Å²) in [5, 5.41) is 0. The molecule has 4 aliphatic heterocycles. The van der Waals surface area contributed by atoms with Gasteiger partial charge in [0.05, 0.1) is 0 Å². The zero-order valence-electron chi connectivity index (χ0n) is 23.7. The van der Waals surface area contributed by atoms with Crippen molar-refractivity contribution in [1.29, 1.82) is 0 Å². The average Bonchev–Trinajstić information content (AvgIpc) is 3.63. The number of rotatable bonds is 0. The summed E-state index contributed by atoms with van der Waals surface area (Å²) in [5.74, 6) is 1.47. The predicted octanol–water partition coefficient (Wildman–Crippen LogP) is 7.27. The van der Waals surface area contributed by atoms with Gasteiger partial charge in [0.15, 0.2) is 0 Å². The molecule has 0 unspecified atom stereocenters. The molecule has 0 spiro atoms. The van der Waals surface area contributed by atoms with E-state index >= 15 is 0 Å². The minimum atomic E-state index is -0.396. The number of fused-ring (bicyclic) bond motifs is 18. The first-order valence-electron chi connectivity index (χ1n) is 15.1. The highest BCUT2D eigenvalue weighted by molar-refractivity contribution is 6.78. The van der Waals surface area contributed by atoms with Crippen molar-refractivity contribution in [3.05, 3.63) is 157 Å². The summed E-state index contributed by atoms with van der Waals surface area (Å²) >= 11 is 0. The van der Waals surface area contributed by atoms with Gasteiger partial charge in [0.25, 0.3) is 0 Å². The molecule has 0 fully saturated rings. The second kappa shape index (κ2) is 8.95. The second-order valence-corrected chi connectivity index (χ2v) is 11.6. The molecular weight excluding hydrogens is 538 g/mol. The Kier molecular flexibility index (Phi) is 4.86. The normalized spacial score (nSPS) is 14.9. The Bertz CT molecular complexity index is 2040. The fourth-order valence-corrected chi connectivity index (χ4v) is 7.47. The largest absolute Gasteiger partial charge is 0.528 e. The van der Waals surface area contributed by atoms with Gasteiger partial charge in [-0.05, 0) is 56.4 Å². The van der Waals surface area contributed by atoms with Crippen molar-refractivity contribution < 1.29 is 9.31 Å². The maximum atomic E-state index is 7.16. The van der Waals surface area contributed by atoms with Crippen molar-refractivity contribution >= 4 is 36.4 Å². The Morgan fingerprint density at radius 2 is 0.614 bits per heavy atom. The third kappa shape index (κ3) is 3.14. The molecule has 0 aromatic heterocycles. The average molecular weight is 562 g/mol. The van der Waals surface area contributed by atoms with E-state index in [0.717, 1.165) is 56.3 Å². The summed E-state index contributed by atoms with van der Waals surface area (Å²) in [6.45, 7) is 0. The summed E-state index contributed by atoms with van der Waals surface area (Å²) in [6, 6.07) is 51.7. The smallest absolute Gasteiger partial charge is 0.521 e. The molecule has 0 radical (unpaired) electrons. The fourth-order valence-electron chi connectivity index (χ4n) is 7.47. The third-order valence-corrected chi connectivity index (χ3v) is 9.33. The molecule has 6 heteroatoms. The molecule has 0 atom stereocenters. The van der Waals surface area contributed by atoms with Crippen LogP contribution in [0.1, 0.15) is 0 Å². The van der Waals surface area contributed by atoms with E-state index in [4.69, 9.17) is 9.31 Å². The van der Waals surface area contributed by atoms with E-state index in [9.17, 15) is 0 Å². The highest BCUT2D eigenvalue weighted by atomic mass is 16.6. The van der Waals surface area contributed by atoms with Gasteiger partial charge in [-0.1, -0.05) is 133 Å². The molecule has 4 aliphatic rings. The van der Waals surface area contributed by atoms with Crippen LogP contribution < -0.4 is 20.5 Å². The lowest BCUT2D eigenvalue weighted by atomic mass is 9.65. The summed E-state index contributed by atoms with van der Waals surface area (Å²) in [6.07, 6.45) is 0. The molecule has 10 rings (SSSR count). The molecule has 0 saturated heterocycles. The molecule has 0 saturated carbocycles. The van der Waals surface area contributed by atoms with E-state index in [-0.39, 0.29) is 0 Å². The van der Waals surface area contributed by atoms with Crippen molar-refractivity contribution in [2.45, 2.75) is 0 Å². The first kappa shape index (κ1) is 23.9. The van der Waals surface area contributed by atoms with E-state index in [2.05, 4.69) is 155 Å². The lowest BCUT2D eigenvalue weighted by Crippen LogP contribution is -2.53. The van der Waals surface area contributed by atoms with Crippen molar-refractivity contribution in [2.75, 3.05) is 9.62 Å². The zero-order chi connectivity index (χ0) is 28.8. The molecule has 6 aromatic carbocycles. The summed E-state index contributed by atoms with van der Waals surface area (Å²) in [7, 11) is -0.793. The van der Waals surface area contributed by atoms with E-state index in [0.29, 0.717) is 0 Å². The van der Waals surface area contributed by atoms with Gasteiger partial charge in [0.1, 0.15) is 0 Å². The van der Waals surface area contributed by atoms with Gasteiger partial charge in [-0.25, -0.2) is 0 Å². The van der Waals surface area contributed by atoms with Gasteiger partial charge in [0, 0.05) is 22.5 Å². The van der Waals surface area contributed by atoms with Crippen molar-refractivity contribution in [3.63, 3.8) is 0 Å². The maximum Gasteiger partial charge on any atom is 0.528 e. The molecule has 4 heterocycles. The zero-order valence-corrected chi connectivity index (χ0v) is 23.7. The van der Waals surface area contributed by atoms with Crippen molar-refractivity contribution in [2.24, 2.45) is 0 Å². The molecule has 6 aromatic rings. The second-order valence-electron chi connectivity index (χ2n) is 11.6. The van der Waals surface area contributed by atoms with E-state index < -0.39 is 14.1 Å². The van der Waals surface area contributed by atoms with Crippen LogP contribution in [-0.4, -0.2) is 14.1 Å². The molecule has 44 heavy (non-hydrogen) atoms. The van der Waals surface area contributed by atoms with E-state index in [1.807, 2.05) is 0 Å². The molecular formula is C38H24B2N2O2. The van der Waals surface area contributed by atoms with Gasteiger partial charge in [0.2, 0.25) is 11.8 Å². The number of benzene rings is 6. The molecule has 4 nitrogen and oxygen atoms in total. The van der Waals surface area contributed by atoms with Crippen LogP contribution in [0.4, 0.5) is 11.4 Å². The maximum absolute atomic E-state index is 7.16. The Morgan fingerprint density at radius 1 is 0.318 bits per heavy atom. The standard InChI is InChI=1S/C38H24B2N2O2/c1-3-15-27-25(13-1)29-17-5-9-21-33(29)39-41(35-23-11-7-19-31(27)35)37-38(43-39)42-36-24-12-8-20-32(36)28-16-4-2-14-26(28)30-18-6-10-22-34(30)40(42)44-37/h1-24H. The lowest BCUT2D eigenvalue weighted by Gasteiger charge is -2.34. The van der Waals surface area contributed by atoms with Gasteiger partial charge < -0.3 is 18.9 Å². The number of hydrogen-bond donors (Lipinski definition) is 0. The van der Waals surface area contributed by atoms with Crippen LogP contribution in [0.25, 0.3) is 44.5 Å². The third-order valence-electron chi connectivity index (χ3n) is 9.33. The molecule has 0 aliphatic carbocycles. The SMILES string of the molecule is c1ccc2c(c1)B1OC3=C(OB4c5ccccc5-c5ccccc5-c5ccccc5N43)N1c1ccccc1-c1ccccc1-2. The number of nitrogens with zero attached hydrogens (tertiary/aromatic N) is 2. The van der Waals surface area contributed by atoms with Gasteiger partial charge in [-0.3, -0.25) is 0 Å². The molecule has 0 N–H and O–H groups in total. The number of hydrogen-bond acceptors (Lipinski definition) is 4. The topological polar surface area (TPSA) is 24.9 Å². The lowest BCUT2D eigenvalue weighted by molar-refractivity contribution is 0.431. The highest BCUT2D eigenvalue weighted by Crippen LogP contribution is 2.49. The van der Waals surface area contributed by atoms with Gasteiger partial charge >= 0.3 is 14.1 Å². The van der Waals surface area contributed by atoms with Crippen LogP contribution >= 0.6 is 0 Å². The van der Waals surface area contributed by atoms with Crippen LogP contribution in [0.3, 0.4) is 0 Å². The summed E-state index contributed by atoms with van der Waals surface area (Å²) < 4.78 is 14.3. The molecule has 0 amide bonds. The van der Waals surface area contributed by atoms with Crippen LogP contribution in [-0.2, 0) is 9.31 Å². The van der Waals surface area contributed by atoms with Crippen LogP contribution in [0.2, 0.25) is 0 Å². The number of para-hydroxylation sites is 2. The first-order chi connectivity index (χ1) is 21.9. The fraction of sp³-hybridized carbons (Fsp3) is 0. The van der Waals surface area contributed by atoms with Crippen molar-refractivity contribution in [1.82, 2.24) is 0 Å². The van der Waals surface area contributed by atoms with Crippen LogP contribution in [0.5, 0.6) is 0 Å². The van der Waals surface area contributed by atoms with Crippen LogP contribution in [0, 0.1) is 0 Å². The molecule has 204 valence electrons. The highest BCUT2D eigenvalue weighted by Gasteiger charge is 2.56. The monoisotopic (exact) mass is 562 g/mol. The molecule has 0 bridgehead atoms. The quantitative estimate of drug-likeness (QED) is 0.182. The Labute approximate surface area is 256 Å². The minimum absolute atomic E-state index is 0.396. The van der Waals surface area contributed by atoms with E-state index in [1.54, 1.807) is 0 Å². The van der Waals surface area contributed by atoms with Crippen LogP contribution in [0.15, 0.2) is 157 Å². The summed E-state index contributed by atoms with van der Waals surface area (Å²) in [5.41, 5.74) is 13.7. The van der Waals surface area contributed by atoms with Gasteiger partial charge in [-0.2, -0.15) is 0 Å². The first-order valence-corrected chi connectivity index (χ1v) is 15.1. The minimum Gasteiger partial charge on any atom is -0.521 e.